The minimum atomic E-state index is -0.804. The molecular formula is C12H17NO4. The van der Waals surface area contributed by atoms with Crippen molar-refractivity contribution in [2.75, 3.05) is 20.3 Å². The van der Waals surface area contributed by atoms with E-state index in [-0.39, 0.29) is 13.2 Å². The smallest absolute Gasteiger partial charge is 0.326 e. The maximum absolute atomic E-state index is 11.1. The Morgan fingerprint density at radius 1 is 1.47 bits per heavy atom. The van der Waals surface area contributed by atoms with Crippen LogP contribution in [0.4, 0.5) is 0 Å². The second kappa shape index (κ2) is 6.88. The van der Waals surface area contributed by atoms with E-state index in [4.69, 9.17) is 15.6 Å². The van der Waals surface area contributed by atoms with E-state index < -0.39 is 12.0 Å². The summed E-state index contributed by atoms with van der Waals surface area (Å²) < 4.78 is 9.93. The lowest BCUT2D eigenvalue weighted by Gasteiger charge is -2.13. The number of hydrogen-bond donors (Lipinski definition) is 2. The molecule has 0 saturated carbocycles. The highest BCUT2D eigenvalue weighted by Crippen LogP contribution is 2.18. The van der Waals surface area contributed by atoms with Gasteiger partial charge in [-0.15, -0.1) is 0 Å². The number of ether oxygens (including phenoxy) is 2. The fourth-order valence-electron chi connectivity index (χ4n) is 1.37. The van der Waals surface area contributed by atoms with E-state index in [9.17, 15) is 4.79 Å². The predicted molar refractivity (Wildman–Crippen MR) is 62.7 cm³/mol. The Bertz CT molecular complexity index is 367. The molecule has 1 aromatic rings. The summed E-state index contributed by atoms with van der Waals surface area (Å²) in [5, 5.41) is 8.89. The van der Waals surface area contributed by atoms with Crippen LogP contribution in [0.5, 0.6) is 5.75 Å². The maximum atomic E-state index is 11.1. The van der Waals surface area contributed by atoms with Crippen LogP contribution < -0.4 is 10.5 Å². The SMILES string of the molecule is COC(=O)C(N)COc1ccccc1CCO. The van der Waals surface area contributed by atoms with Gasteiger partial charge in [0.05, 0.1) is 7.11 Å². The number of para-hydroxylation sites is 1. The van der Waals surface area contributed by atoms with Crippen LogP contribution >= 0.6 is 0 Å². The molecule has 1 aromatic carbocycles. The molecule has 0 aliphatic rings. The van der Waals surface area contributed by atoms with Crippen molar-refractivity contribution in [1.29, 1.82) is 0 Å². The summed E-state index contributed by atoms with van der Waals surface area (Å²) >= 11 is 0. The zero-order chi connectivity index (χ0) is 12.7. The molecular weight excluding hydrogens is 222 g/mol. The number of esters is 1. The van der Waals surface area contributed by atoms with E-state index in [1.165, 1.54) is 7.11 Å². The normalized spacial score (nSPS) is 11.9. The quantitative estimate of drug-likeness (QED) is 0.688. The van der Waals surface area contributed by atoms with Crippen LogP contribution in [-0.4, -0.2) is 37.4 Å². The first kappa shape index (κ1) is 13.5. The summed E-state index contributed by atoms with van der Waals surface area (Å²) in [6.45, 7) is 0.0958. The van der Waals surface area contributed by atoms with Crippen LogP contribution in [0.3, 0.4) is 0 Å². The lowest BCUT2D eigenvalue weighted by Crippen LogP contribution is -2.37. The molecule has 0 saturated heterocycles. The molecule has 0 aromatic heterocycles. The van der Waals surface area contributed by atoms with E-state index >= 15 is 0 Å². The molecule has 0 radical (unpaired) electrons. The van der Waals surface area contributed by atoms with Crippen LogP contribution in [0.25, 0.3) is 0 Å². The highest BCUT2D eigenvalue weighted by atomic mass is 16.5. The molecule has 0 spiro atoms. The Morgan fingerprint density at radius 3 is 2.82 bits per heavy atom. The number of aliphatic hydroxyl groups excluding tert-OH is 1. The second-order valence-electron chi connectivity index (χ2n) is 3.52. The van der Waals surface area contributed by atoms with Gasteiger partial charge in [-0.05, 0) is 18.1 Å². The van der Waals surface area contributed by atoms with Crippen molar-refractivity contribution < 1.29 is 19.4 Å². The number of aliphatic hydroxyl groups is 1. The molecule has 0 heterocycles. The maximum Gasteiger partial charge on any atom is 0.326 e. The highest BCUT2D eigenvalue weighted by Gasteiger charge is 2.14. The molecule has 0 bridgehead atoms. The third kappa shape index (κ3) is 4.05. The molecule has 1 rings (SSSR count). The molecule has 94 valence electrons. The summed E-state index contributed by atoms with van der Waals surface area (Å²) in [5.74, 6) is 0.116. The van der Waals surface area contributed by atoms with Gasteiger partial charge in [0.25, 0.3) is 0 Å². The van der Waals surface area contributed by atoms with Gasteiger partial charge in [0.2, 0.25) is 0 Å². The predicted octanol–water partition coefficient (Wildman–Crippen LogP) is 0.100. The average molecular weight is 239 g/mol. The van der Waals surface area contributed by atoms with E-state index in [1.54, 1.807) is 6.07 Å². The number of rotatable bonds is 6. The number of carbonyl (C=O) groups is 1. The molecule has 5 nitrogen and oxygen atoms in total. The molecule has 0 fully saturated rings. The lowest BCUT2D eigenvalue weighted by molar-refractivity contribution is -0.142. The van der Waals surface area contributed by atoms with Gasteiger partial charge in [0, 0.05) is 6.61 Å². The van der Waals surface area contributed by atoms with E-state index in [0.29, 0.717) is 12.2 Å². The monoisotopic (exact) mass is 239 g/mol. The molecule has 0 aliphatic carbocycles. The standard InChI is InChI=1S/C12H17NO4/c1-16-12(15)10(13)8-17-11-5-3-2-4-9(11)6-7-14/h2-5,10,14H,6-8,13H2,1H3. The summed E-state index contributed by atoms with van der Waals surface area (Å²) in [4.78, 5) is 11.1. The van der Waals surface area contributed by atoms with Gasteiger partial charge >= 0.3 is 5.97 Å². The van der Waals surface area contributed by atoms with Crippen molar-refractivity contribution in [3.8, 4) is 5.75 Å². The van der Waals surface area contributed by atoms with Crippen molar-refractivity contribution in [2.45, 2.75) is 12.5 Å². The number of benzene rings is 1. The van der Waals surface area contributed by atoms with E-state index in [2.05, 4.69) is 4.74 Å². The number of nitrogens with two attached hydrogens (primary N) is 1. The minimum absolute atomic E-state index is 0.0451. The third-order valence-electron chi connectivity index (χ3n) is 2.28. The topological polar surface area (TPSA) is 81.8 Å². The van der Waals surface area contributed by atoms with Crippen molar-refractivity contribution in [1.82, 2.24) is 0 Å². The van der Waals surface area contributed by atoms with Crippen LogP contribution in [-0.2, 0) is 16.0 Å². The molecule has 3 N–H and O–H groups in total. The van der Waals surface area contributed by atoms with Crippen molar-refractivity contribution in [3.05, 3.63) is 29.8 Å². The molecule has 17 heavy (non-hydrogen) atoms. The molecule has 1 unspecified atom stereocenters. The first-order valence-electron chi connectivity index (χ1n) is 5.34. The largest absolute Gasteiger partial charge is 0.491 e. The summed E-state index contributed by atoms with van der Waals surface area (Å²) in [5.41, 5.74) is 6.43. The van der Waals surface area contributed by atoms with Gasteiger partial charge in [-0.2, -0.15) is 0 Å². The Kier molecular flexibility index (Phi) is 5.45. The van der Waals surface area contributed by atoms with Crippen molar-refractivity contribution in [2.24, 2.45) is 5.73 Å². The van der Waals surface area contributed by atoms with Gasteiger partial charge in [0.1, 0.15) is 18.4 Å². The fourth-order valence-corrected chi connectivity index (χ4v) is 1.37. The zero-order valence-electron chi connectivity index (χ0n) is 9.76. The average Bonchev–Trinajstić information content (AvgIpc) is 2.36. The molecule has 0 aliphatic heterocycles. The Morgan fingerprint density at radius 2 is 2.18 bits per heavy atom. The van der Waals surface area contributed by atoms with E-state index in [0.717, 1.165) is 5.56 Å². The first-order chi connectivity index (χ1) is 8.19. The molecule has 0 amide bonds. The van der Waals surface area contributed by atoms with Gasteiger partial charge < -0.3 is 20.3 Å². The highest BCUT2D eigenvalue weighted by molar-refractivity contribution is 5.75. The van der Waals surface area contributed by atoms with Crippen LogP contribution in [0.15, 0.2) is 24.3 Å². The van der Waals surface area contributed by atoms with Gasteiger partial charge in [-0.1, -0.05) is 18.2 Å². The van der Waals surface area contributed by atoms with Crippen molar-refractivity contribution in [3.63, 3.8) is 0 Å². The van der Waals surface area contributed by atoms with Gasteiger partial charge in [0.15, 0.2) is 0 Å². The van der Waals surface area contributed by atoms with Crippen LogP contribution in [0.1, 0.15) is 5.56 Å². The summed E-state index contributed by atoms with van der Waals surface area (Å²) in [7, 11) is 1.28. The molecule has 5 heteroatoms. The van der Waals surface area contributed by atoms with Crippen LogP contribution in [0, 0.1) is 0 Å². The van der Waals surface area contributed by atoms with E-state index in [1.807, 2.05) is 18.2 Å². The Balaban J connectivity index is 2.59. The minimum Gasteiger partial charge on any atom is -0.491 e. The van der Waals surface area contributed by atoms with Gasteiger partial charge in [-0.25, -0.2) is 0 Å². The summed E-state index contributed by atoms with van der Waals surface area (Å²) in [6.07, 6.45) is 0.504. The first-order valence-corrected chi connectivity index (χ1v) is 5.34. The summed E-state index contributed by atoms with van der Waals surface area (Å²) in [6, 6.07) is 6.50. The number of carbonyl (C=O) groups excluding carboxylic acids is 1. The van der Waals surface area contributed by atoms with Crippen molar-refractivity contribution >= 4 is 5.97 Å². The van der Waals surface area contributed by atoms with Gasteiger partial charge in [-0.3, -0.25) is 4.79 Å². The molecule has 1 atom stereocenters. The fraction of sp³-hybridized carbons (Fsp3) is 0.417. The number of hydrogen-bond acceptors (Lipinski definition) is 5. The lowest BCUT2D eigenvalue weighted by atomic mass is 10.1. The van der Waals surface area contributed by atoms with Crippen LogP contribution in [0.2, 0.25) is 0 Å². The zero-order valence-corrected chi connectivity index (χ0v) is 9.76. The Hall–Kier alpha value is -1.59. The number of methoxy groups -OCH3 is 1. The Labute approximate surface area is 100 Å². The second-order valence-corrected chi connectivity index (χ2v) is 3.52. The third-order valence-corrected chi connectivity index (χ3v) is 2.28.